The number of ether oxygens (including phenoxy) is 1. The number of benzene rings is 2. The number of aryl methyl sites for hydroxylation is 1. The highest BCUT2D eigenvalue weighted by Crippen LogP contribution is 2.18. The van der Waals surface area contributed by atoms with Gasteiger partial charge in [0.2, 0.25) is 0 Å². The smallest absolute Gasteiger partial charge is 0.265 e. The lowest BCUT2D eigenvalue weighted by atomic mass is 10.1. The molecule has 0 saturated carbocycles. The van der Waals surface area contributed by atoms with Gasteiger partial charge in [-0.3, -0.25) is 4.79 Å². The Balaban J connectivity index is 2.02. The van der Waals surface area contributed by atoms with Crippen LogP contribution in [0.3, 0.4) is 0 Å². The SMILES string of the molecule is CCc1ccc(O[C@H](CC)C(=O)Nc2cccc(Cl)c2)cc1. The van der Waals surface area contributed by atoms with Crippen molar-refractivity contribution in [3.63, 3.8) is 0 Å². The highest BCUT2D eigenvalue weighted by Gasteiger charge is 2.18. The summed E-state index contributed by atoms with van der Waals surface area (Å²) in [5.41, 5.74) is 1.91. The van der Waals surface area contributed by atoms with Crippen LogP contribution in [0.4, 0.5) is 5.69 Å². The van der Waals surface area contributed by atoms with Crippen molar-refractivity contribution in [2.24, 2.45) is 0 Å². The molecule has 2 rings (SSSR count). The van der Waals surface area contributed by atoms with Crippen LogP contribution in [0.1, 0.15) is 25.8 Å². The van der Waals surface area contributed by atoms with E-state index in [1.165, 1.54) is 5.56 Å². The molecule has 0 aliphatic carbocycles. The van der Waals surface area contributed by atoms with Gasteiger partial charge in [0, 0.05) is 10.7 Å². The van der Waals surface area contributed by atoms with Gasteiger partial charge in [-0.05, 0) is 48.7 Å². The Bertz CT molecular complexity index is 625. The first-order valence-electron chi connectivity index (χ1n) is 7.44. The molecule has 0 aromatic heterocycles. The van der Waals surface area contributed by atoms with Crippen molar-refractivity contribution in [2.45, 2.75) is 32.8 Å². The Labute approximate surface area is 136 Å². The summed E-state index contributed by atoms with van der Waals surface area (Å²) < 4.78 is 5.78. The molecule has 116 valence electrons. The number of halogens is 1. The zero-order chi connectivity index (χ0) is 15.9. The average molecular weight is 318 g/mol. The second kappa shape index (κ2) is 7.85. The van der Waals surface area contributed by atoms with E-state index in [1.54, 1.807) is 24.3 Å². The lowest BCUT2D eigenvalue weighted by Crippen LogP contribution is -2.32. The van der Waals surface area contributed by atoms with Crippen LogP contribution in [-0.2, 0) is 11.2 Å². The molecule has 3 nitrogen and oxygen atoms in total. The minimum absolute atomic E-state index is 0.177. The number of carbonyl (C=O) groups excluding carboxylic acids is 1. The Morgan fingerprint density at radius 2 is 1.91 bits per heavy atom. The average Bonchev–Trinajstić information content (AvgIpc) is 2.53. The molecule has 0 bridgehead atoms. The van der Waals surface area contributed by atoms with Crippen molar-refractivity contribution in [2.75, 3.05) is 5.32 Å². The second-order valence-electron chi connectivity index (χ2n) is 5.01. The van der Waals surface area contributed by atoms with Crippen molar-refractivity contribution < 1.29 is 9.53 Å². The number of carbonyl (C=O) groups is 1. The number of nitrogens with one attached hydrogen (secondary N) is 1. The molecular formula is C18H20ClNO2. The molecule has 0 heterocycles. The molecule has 1 atom stereocenters. The minimum atomic E-state index is -0.536. The van der Waals surface area contributed by atoms with Crippen molar-refractivity contribution in [3.05, 3.63) is 59.1 Å². The van der Waals surface area contributed by atoms with Gasteiger partial charge in [-0.25, -0.2) is 0 Å². The number of anilines is 1. The van der Waals surface area contributed by atoms with Crippen molar-refractivity contribution >= 4 is 23.2 Å². The molecule has 22 heavy (non-hydrogen) atoms. The third-order valence-electron chi connectivity index (χ3n) is 3.37. The Morgan fingerprint density at radius 3 is 2.50 bits per heavy atom. The summed E-state index contributed by atoms with van der Waals surface area (Å²) in [5, 5.41) is 3.41. The predicted octanol–water partition coefficient (Wildman–Crippen LogP) is 4.70. The lowest BCUT2D eigenvalue weighted by Gasteiger charge is -2.17. The number of amides is 1. The van der Waals surface area contributed by atoms with E-state index in [9.17, 15) is 4.79 Å². The summed E-state index contributed by atoms with van der Waals surface area (Å²) in [5.74, 6) is 0.523. The fourth-order valence-electron chi connectivity index (χ4n) is 2.08. The highest BCUT2D eigenvalue weighted by molar-refractivity contribution is 6.30. The van der Waals surface area contributed by atoms with Crippen LogP contribution in [0.25, 0.3) is 0 Å². The van der Waals surface area contributed by atoms with E-state index in [0.29, 0.717) is 22.9 Å². The van der Waals surface area contributed by atoms with Crippen LogP contribution >= 0.6 is 11.6 Å². The fourth-order valence-corrected chi connectivity index (χ4v) is 2.27. The van der Waals surface area contributed by atoms with E-state index in [2.05, 4.69) is 12.2 Å². The Hall–Kier alpha value is -2.00. The Kier molecular flexibility index (Phi) is 5.84. The maximum Gasteiger partial charge on any atom is 0.265 e. The first-order chi connectivity index (χ1) is 10.6. The molecule has 0 aliphatic rings. The van der Waals surface area contributed by atoms with E-state index in [0.717, 1.165) is 6.42 Å². The standard InChI is InChI=1S/C18H20ClNO2/c1-3-13-8-10-16(11-9-13)22-17(4-2)18(21)20-15-7-5-6-14(19)12-15/h5-12,17H,3-4H2,1-2H3,(H,20,21)/t17-/m1/s1. The molecule has 1 amide bonds. The zero-order valence-electron chi connectivity index (χ0n) is 12.8. The van der Waals surface area contributed by atoms with Gasteiger partial charge in [0.1, 0.15) is 5.75 Å². The van der Waals surface area contributed by atoms with E-state index in [4.69, 9.17) is 16.3 Å². The summed E-state index contributed by atoms with van der Waals surface area (Å²) in [6.45, 7) is 4.02. The van der Waals surface area contributed by atoms with Crippen LogP contribution in [0.5, 0.6) is 5.75 Å². The minimum Gasteiger partial charge on any atom is -0.481 e. The van der Waals surface area contributed by atoms with E-state index in [-0.39, 0.29) is 5.91 Å². The lowest BCUT2D eigenvalue weighted by molar-refractivity contribution is -0.122. The fraction of sp³-hybridized carbons (Fsp3) is 0.278. The molecule has 0 radical (unpaired) electrons. The third kappa shape index (κ3) is 4.50. The number of hydrogen-bond donors (Lipinski definition) is 1. The number of hydrogen-bond acceptors (Lipinski definition) is 2. The van der Waals surface area contributed by atoms with Crippen LogP contribution in [0.2, 0.25) is 5.02 Å². The van der Waals surface area contributed by atoms with E-state index < -0.39 is 6.10 Å². The maximum atomic E-state index is 12.3. The van der Waals surface area contributed by atoms with Crippen LogP contribution < -0.4 is 10.1 Å². The molecule has 0 unspecified atom stereocenters. The first kappa shape index (κ1) is 16.4. The van der Waals surface area contributed by atoms with E-state index >= 15 is 0 Å². The summed E-state index contributed by atoms with van der Waals surface area (Å²) in [4.78, 5) is 12.3. The monoisotopic (exact) mass is 317 g/mol. The molecule has 2 aromatic rings. The highest BCUT2D eigenvalue weighted by atomic mass is 35.5. The maximum absolute atomic E-state index is 12.3. The molecule has 0 fully saturated rings. The van der Waals surface area contributed by atoms with Gasteiger partial charge >= 0.3 is 0 Å². The molecule has 2 aromatic carbocycles. The molecule has 0 spiro atoms. The molecule has 4 heteroatoms. The molecule has 0 saturated heterocycles. The van der Waals surface area contributed by atoms with Crippen LogP contribution in [0.15, 0.2) is 48.5 Å². The van der Waals surface area contributed by atoms with Crippen LogP contribution in [0, 0.1) is 0 Å². The van der Waals surface area contributed by atoms with Gasteiger partial charge in [-0.2, -0.15) is 0 Å². The van der Waals surface area contributed by atoms with Gasteiger partial charge in [0.25, 0.3) is 5.91 Å². The normalized spacial score (nSPS) is 11.8. The molecule has 1 N–H and O–H groups in total. The van der Waals surface area contributed by atoms with Crippen molar-refractivity contribution in [1.29, 1.82) is 0 Å². The van der Waals surface area contributed by atoms with Gasteiger partial charge in [-0.1, -0.05) is 43.6 Å². The predicted molar refractivity (Wildman–Crippen MR) is 90.6 cm³/mol. The second-order valence-corrected chi connectivity index (χ2v) is 5.45. The van der Waals surface area contributed by atoms with Gasteiger partial charge in [-0.15, -0.1) is 0 Å². The Morgan fingerprint density at radius 1 is 1.18 bits per heavy atom. The molecular weight excluding hydrogens is 298 g/mol. The van der Waals surface area contributed by atoms with Gasteiger partial charge in [0.15, 0.2) is 6.10 Å². The van der Waals surface area contributed by atoms with Crippen molar-refractivity contribution in [1.82, 2.24) is 0 Å². The van der Waals surface area contributed by atoms with Crippen LogP contribution in [-0.4, -0.2) is 12.0 Å². The van der Waals surface area contributed by atoms with Gasteiger partial charge < -0.3 is 10.1 Å². The van der Waals surface area contributed by atoms with Crippen molar-refractivity contribution in [3.8, 4) is 5.75 Å². The summed E-state index contributed by atoms with van der Waals surface area (Å²) >= 11 is 5.92. The van der Waals surface area contributed by atoms with Gasteiger partial charge in [0.05, 0.1) is 0 Å². The third-order valence-corrected chi connectivity index (χ3v) is 3.60. The quantitative estimate of drug-likeness (QED) is 0.838. The molecule has 0 aliphatic heterocycles. The summed E-state index contributed by atoms with van der Waals surface area (Å²) in [7, 11) is 0. The van der Waals surface area contributed by atoms with E-state index in [1.807, 2.05) is 31.2 Å². The summed E-state index contributed by atoms with van der Waals surface area (Å²) in [6, 6.07) is 14.9. The zero-order valence-corrected chi connectivity index (χ0v) is 13.6. The largest absolute Gasteiger partial charge is 0.481 e. The summed E-state index contributed by atoms with van der Waals surface area (Å²) in [6.07, 6.45) is 1.03. The number of rotatable bonds is 6. The topological polar surface area (TPSA) is 38.3 Å². The first-order valence-corrected chi connectivity index (χ1v) is 7.82.